The third-order valence-electron chi connectivity index (χ3n) is 4.75. The van der Waals surface area contributed by atoms with Crippen molar-refractivity contribution in [1.29, 1.82) is 0 Å². The van der Waals surface area contributed by atoms with Crippen molar-refractivity contribution in [2.24, 2.45) is 0 Å². The summed E-state index contributed by atoms with van der Waals surface area (Å²) in [6, 6.07) is 22.8. The van der Waals surface area contributed by atoms with E-state index in [0.717, 1.165) is 27.9 Å². The molecule has 7 heteroatoms. The number of esters is 1. The Bertz CT molecular complexity index is 1220. The van der Waals surface area contributed by atoms with Crippen LogP contribution in [0.5, 0.6) is 5.75 Å². The molecule has 0 bridgehead atoms. The lowest BCUT2D eigenvalue weighted by atomic mass is 10.0. The maximum absolute atomic E-state index is 12.4. The number of Topliss-reactive ketones (excluding diaryl/α,β-unsaturated/α-hetero) is 1. The number of nitrogens with zero attached hydrogens (tertiary/aromatic N) is 1. The molecule has 3 aromatic carbocycles. The van der Waals surface area contributed by atoms with Crippen molar-refractivity contribution in [3.05, 3.63) is 78.4 Å². The SMILES string of the molecule is CCOc1ccc2nc(SCC(=O)OCC(=O)c3ccc(-c4ccccc4)cc3)[nH]c2c1. The average molecular weight is 447 g/mol. The summed E-state index contributed by atoms with van der Waals surface area (Å²) in [7, 11) is 0. The minimum Gasteiger partial charge on any atom is -0.494 e. The van der Waals surface area contributed by atoms with Gasteiger partial charge in [-0.15, -0.1) is 0 Å². The Labute approximate surface area is 190 Å². The van der Waals surface area contributed by atoms with E-state index < -0.39 is 5.97 Å². The van der Waals surface area contributed by atoms with E-state index in [2.05, 4.69) is 9.97 Å². The number of nitrogens with one attached hydrogen (secondary N) is 1. The number of hydrogen-bond acceptors (Lipinski definition) is 6. The molecule has 0 aliphatic heterocycles. The van der Waals surface area contributed by atoms with Crippen molar-refractivity contribution in [2.45, 2.75) is 12.1 Å². The highest BCUT2D eigenvalue weighted by atomic mass is 32.2. The first-order valence-electron chi connectivity index (χ1n) is 10.2. The van der Waals surface area contributed by atoms with Crippen LogP contribution in [0.3, 0.4) is 0 Å². The summed E-state index contributed by atoms with van der Waals surface area (Å²) in [5.74, 6) is 0.100. The van der Waals surface area contributed by atoms with E-state index >= 15 is 0 Å². The van der Waals surface area contributed by atoms with E-state index in [4.69, 9.17) is 9.47 Å². The van der Waals surface area contributed by atoms with Gasteiger partial charge in [0.1, 0.15) is 5.75 Å². The number of benzene rings is 3. The van der Waals surface area contributed by atoms with Crippen LogP contribution in [0, 0.1) is 0 Å². The minimum atomic E-state index is -0.472. The molecule has 0 saturated carbocycles. The topological polar surface area (TPSA) is 81.3 Å². The largest absolute Gasteiger partial charge is 0.494 e. The van der Waals surface area contributed by atoms with Crippen molar-refractivity contribution in [1.82, 2.24) is 9.97 Å². The van der Waals surface area contributed by atoms with Gasteiger partial charge in [-0.3, -0.25) is 9.59 Å². The summed E-state index contributed by atoms with van der Waals surface area (Å²) in [5.41, 5.74) is 4.23. The molecular formula is C25H22N2O4S. The van der Waals surface area contributed by atoms with Crippen LogP contribution in [0.1, 0.15) is 17.3 Å². The lowest BCUT2D eigenvalue weighted by molar-refractivity contribution is -0.139. The number of hydrogen-bond donors (Lipinski definition) is 1. The third kappa shape index (κ3) is 5.36. The number of aromatic amines is 1. The number of aromatic nitrogens is 2. The number of rotatable bonds is 9. The molecule has 0 fully saturated rings. The zero-order valence-corrected chi connectivity index (χ0v) is 18.4. The van der Waals surface area contributed by atoms with E-state index in [0.29, 0.717) is 17.3 Å². The van der Waals surface area contributed by atoms with Crippen LogP contribution in [0.15, 0.2) is 78.0 Å². The van der Waals surface area contributed by atoms with Gasteiger partial charge in [-0.25, -0.2) is 4.98 Å². The Balaban J connectivity index is 1.27. The molecule has 0 saturated heterocycles. The van der Waals surface area contributed by atoms with E-state index in [-0.39, 0.29) is 18.1 Å². The smallest absolute Gasteiger partial charge is 0.316 e. The van der Waals surface area contributed by atoms with E-state index in [1.165, 1.54) is 11.8 Å². The predicted molar refractivity (Wildman–Crippen MR) is 125 cm³/mol. The fraction of sp³-hybridized carbons (Fsp3) is 0.160. The van der Waals surface area contributed by atoms with Crippen LogP contribution >= 0.6 is 11.8 Å². The maximum atomic E-state index is 12.4. The first-order valence-corrected chi connectivity index (χ1v) is 11.2. The number of H-pyrrole nitrogens is 1. The Morgan fingerprint density at radius 1 is 0.969 bits per heavy atom. The second-order valence-corrected chi connectivity index (χ2v) is 7.93. The maximum Gasteiger partial charge on any atom is 0.316 e. The molecule has 1 N–H and O–H groups in total. The number of fused-ring (bicyclic) bond motifs is 1. The highest BCUT2D eigenvalue weighted by molar-refractivity contribution is 7.99. The molecule has 0 aliphatic carbocycles. The normalized spacial score (nSPS) is 10.8. The van der Waals surface area contributed by atoms with Crippen LogP contribution in [0.4, 0.5) is 0 Å². The first-order chi connectivity index (χ1) is 15.6. The summed E-state index contributed by atoms with van der Waals surface area (Å²) >= 11 is 1.23. The molecule has 6 nitrogen and oxygen atoms in total. The van der Waals surface area contributed by atoms with Gasteiger partial charge >= 0.3 is 5.97 Å². The molecule has 1 heterocycles. The summed E-state index contributed by atoms with van der Waals surface area (Å²) in [5, 5.41) is 0.605. The standard InChI is InChI=1S/C25H22N2O4S/c1-2-30-20-12-13-21-22(14-20)27-25(26-21)32-16-24(29)31-15-23(28)19-10-8-18(9-11-19)17-6-4-3-5-7-17/h3-14H,2,15-16H2,1H3,(H,26,27). The highest BCUT2D eigenvalue weighted by Gasteiger charge is 2.12. The van der Waals surface area contributed by atoms with Gasteiger partial charge in [0.2, 0.25) is 0 Å². The summed E-state index contributed by atoms with van der Waals surface area (Å²) in [6.07, 6.45) is 0. The van der Waals surface area contributed by atoms with Crippen molar-refractivity contribution >= 4 is 34.5 Å². The lowest BCUT2D eigenvalue weighted by Gasteiger charge is -2.05. The van der Waals surface area contributed by atoms with Crippen LogP contribution in [-0.2, 0) is 9.53 Å². The molecular weight excluding hydrogens is 424 g/mol. The quantitative estimate of drug-likeness (QED) is 0.218. The fourth-order valence-corrected chi connectivity index (χ4v) is 3.85. The molecule has 0 radical (unpaired) electrons. The minimum absolute atomic E-state index is 0.0539. The van der Waals surface area contributed by atoms with Gasteiger partial charge < -0.3 is 14.5 Å². The monoisotopic (exact) mass is 446 g/mol. The molecule has 0 unspecified atom stereocenters. The molecule has 32 heavy (non-hydrogen) atoms. The van der Waals surface area contributed by atoms with Crippen molar-refractivity contribution < 1.29 is 19.1 Å². The van der Waals surface area contributed by atoms with Gasteiger partial charge in [-0.05, 0) is 30.2 Å². The second-order valence-electron chi connectivity index (χ2n) is 6.97. The van der Waals surface area contributed by atoms with Gasteiger partial charge in [0.25, 0.3) is 0 Å². The van der Waals surface area contributed by atoms with Gasteiger partial charge in [0, 0.05) is 11.6 Å². The van der Waals surface area contributed by atoms with Crippen LogP contribution in [0.25, 0.3) is 22.2 Å². The zero-order chi connectivity index (χ0) is 22.3. The van der Waals surface area contributed by atoms with Gasteiger partial charge in [-0.1, -0.05) is 66.4 Å². The number of ether oxygens (including phenoxy) is 2. The summed E-state index contributed by atoms with van der Waals surface area (Å²) < 4.78 is 10.6. The number of carbonyl (C=O) groups is 2. The van der Waals surface area contributed by atoms with Crippen molar-refractivity contribution in [2.75, 3.05) is 19.0 Å². The molecule has 0 atom stereocenters. The second kappa shape index (κ2) is 10.2. The molecule has 1 aromatic heterocycles. The Kier molecular flexibility index (Phi) is 6.87. The first kappa shape index (κ1) is 21.6. The van der Waals surface area contributed by atoms with Crippen LogP contribution in [-0.4, -0.2) is 40.7 Å². The molecule has 0 aliphatic rings. The average Bonchev–Trinajstić information content (AvgIpc) is 3.24. The molecule has 4 aromatic rings. The van der Waals surface area contributed by atoms with Crippen molar-refractivity contribution in [3.63, 3.8) is 0 Å². The number of thioether (sulfide) groups is 1. The van der Waals surface area contributed by atoms with Crippen LogP contribution < -0.4 is 4.74 Å². The Morgan fingerprint density at radius 3 is 2.47 bits per heavy atom. The lowest BCUT2D eigenvalue weighted by Crippen LogP contribution is -2.15. The number of carbonyl (C=O) groups excluding carboxylic acids is 2. The third-order valence-corrected chi connectivity index (χ3v) is 5.59. The fourth-order valence-electron chi connectivity index (χ4n) is 3.17. The number of ketones is 1. The molecule has 0 amide bonds. The van der Waals surface area contributed by atoms with Gasteiger partial charge in [0.15, 0.2) is 17.5 Å². The molecule has 4 rings (SSSR count). The highest BCUT2D eigenvalue weighted by Crippen LogP contribution is 2.23. The zero-order valence-electron chi connectivity index (χ0n) is 17.5. The van der Waals surface area contributed by atoms with E-state index in [1.54, 1.807) is 12.1 Å². The molecule has 0 spiro atoms. The number of imidazole rings is 1. The van der Waals surface area contributed by atoms with Gasteiger partial charge in [0.05, 0.1) is 23.4 Å². The predicted octanol–water partition coefficient (Wildman–Crippen LogP) is 5.15. The molecule has 162 valence electrons. The van der Waals surface area contributed by atoms with E-state index in [9.17, 15) is 9.59 Å². The summed E-state index contributed by atoms with van der Waals surface area (Å²) in [4.78, 5) is 32.0. The van der Waals surface area contributed by atoms with Crippen molar-refractivity contribution in [3.8, 4) is 16.9 Å². The van der Waals surface area contributed by atoms with Gasteiger partial charge in [-0.2, -0.15) is 0 Å². The Hall–Kier alpha value is -3.58. The Morgan fingerprint density at radius 2 is 1.72 bits per heavy atom. The summed E-state index contributed by atoms with van der Waals surface area (Å²) in [6.45, 7) is 2.22. The van der Waals surface area contributed by atoms with Crippen LogP contribution in [0.2, 0.25) is 0 Å². The van der Waals surface area contributed by atoms with E-state index in [1.807, 2.05) is 67.6 Å².